The molecule has 1 amide bonds. The number of amides is 1. The van der Waals surface area contributed by atoms with Gasteiger partial charge in [0.1, 0.15) is 0 Å². The average Bonchev–Trinajstić information content (AvgIpc) is 2.66. The van der Waals surface area contributed by atoms with E-state index in [1.807, 2.05) is 0 Å². The molecular weight excluding hydrogens is 260 g/mol. The van der Waals surface area contributed by atoms with Gasteiger partial charge in [0, 0.05) is 6.20 Å². The zero-order chi connectivity index (χ0) is 10.7. The van der Waals surface area contributed by atoms with E-state index >= 15 is 0 Å². The smallest absolute Gasteiger partial charge is 0.291 e. The lowest BCUT2D eigenvalue weighted by atomic mass is 10.4. The number of anilines is 1. The second kappa shape index (κ2) is 4.27. The summed E-state index contributed by atoms with van der Waals surface area (Å²) in [6, 6.07) is 6.75. The zero-order valence-corrected chi connectivity index (χ0v) is 9.19. The van der Waals surface area contributed by atoms with E-state index < -0.39 is 0 Å². The standard InChI is InChI=1S/C10H7BrN2O2/c11-9-4-3-8(15-9)10(14)13-7-2-1-5-12-6-7/h1-6H,(H,13,14). The first-order valence-electron chi connectivity index (χ1n) is 4.22. The zero-order valence-electron chi connectivity index (χ0n) is 7.61. The van der Waals surface area contributed by atoms with Gasteiger partial charge in [0.2, 0.25) is 0 Å². The third-order valence-electron chi connectivity index (χ3n) is 1.72. The van der Waals surface area contributed by atoms with Gasteiger partial charge in [-0.05, 0) is 40.2 Å². The van der Waals surface area contributed by atoms with Crippen molar-refractivity contribution in [2.75, 3.05) is 5.32 Å². The quantitative estimate of drug-likeness (QED) is 0.910. The van der Waals surface area contributed by atoms with Gasteiger partial charge in [-0.3, -0.25) is 9.78 Å². The Balaban J connectivity index is 2.11. The number of hydrogen-bond acceptors (Lipinski definition) is 3. The molecule has 76 valence electrons. The van der Waals surface area contributed by atoms with Crippen LogP contribution in [0.3, 0.4) is 0 Å². The van der Waals surface area contributed by atoms with Crippen molar-refractivity contribution in [2.24, 2.45) is 0 Å². The van der Waals surface area contributed by atoms with Crippen molar-refractivity contribution in [2.45, 2.75) is 0 Å². The molecular formula is C10H7BrN2O2. The molecule has 5 heteroatoms. The highest BCUT2D eigenvalue weighted by atomic mass is 79.9. The summed E-state index contributed by atoms with van der Waals surface area (Å²) < 4.78 is 5.63. The van der Waals surface area contributed by atoms with Gasteiger partial charge in [0.15, 0.2) is 10.4 Å². The monoisotopic (exact) mass is 266 g/mol. The van der Waals surface area contributed by atoms with E-state index in [0.29, 0.717) is 10.4 Å². The summed E-state index contributed by atoms with van der Waals surface area (Å²) in [6.07, 6.45) is 3.20. The fourth-order valence-corrected chi connectivity index (χ4v) is 1.37. The van der Waals surface area contributed by atoms with Crippen molar-refractivity contribution >= 4 is 27.5 Å². The topological polar surface area (TPSA) is 55.1 Å². The molecule has 0 aliphatic rings. The number of halogens is 1. The minimum atomic E-state index is -0.297. The van der Waals surface area contributed by atoms with E-state index in [0.717, 1.165) is 0 Å². The summed E-state index contributed by atoms with van der Waals surface area (Å²) in [5.74, 6) is -0.0422. The SMILES string of the molecule is O=C(Nc1cccnc1)c1ccc(Br)o1. The average molecular weight is 267 g/mol. The molecule has 2 aromatic heterocycles. The molecule has 2 aromatic rings. The molecule has 4 nitrogen and oxygen atoms in total. The lowest BCUT2D eigenvalue weighted by molar-refractivity contribution is 0.0995. The molecule has 0 aliphatic carbocycles. The first kappa shape index (κ1) is 9.92. The molecule has 0 aromatic carbocycles. The summed E-state index contributed by atoms with van der Waals surface area (Å²) >= 11 is 3.13. The second-order valence-corrected chi connectivity index (χ2v) is 3.58. The molecule has 0 atom stereocenters. The molecule has 0 radical (unpaired) electrons. The Hall–Kier alpha value is -1.62. The molecule has 0 spiro atoms. The van der Waals surface area contributed by atoms with Crippen LogP contribution in [0.1, 0.15) is 10.6 Å². The third kappa shape index (κ3) is 2.44. The molecule has 0 aliphatic heterocycles. The highest BCUT2D eigenvalue weighted by Gasteiger charge is 2.10. The second-order valence-electron chi connectivity index (χ2n) is 2.80. The Kier molecular flexibility index (Phi) is 2.82. The predicted molar refractivity (Wildman–Crippen MR) is 58.6 cm³/mol. The van der Waals surface area contributed by atoms with Crippen LogP contribution in [0.4, 0.5) is 5.69 Å². The number of pyridine rings is 1. The van der Waals surface area contributed by atoms with Crippen LogP contribution < -0.4 is 5.32 Å². The largest absolute Gasteiger partial charge is 0.444 e. The molecule has 15 heavy (non-hydrogen) atoms. The molecule has 0 saturated heterocycles. The maximum Gasteiger partial charge on any atom is 0.291 e. The van der Waals surface area contributed by atoms with Gasteiger partial charge in [-0.15, -0.1) is 0 Å². The summed E-state index contributed by atoms with van der Waals surface area (Å²) in [6.45, 7) is 0. The number of rotatable bonds is 2. The molecule has 2 rings (SSSR count). The lowest BCUT2D eigenvalue weighted by Gasteiger charge is -2.00. The van der Waals surface area contributed by atoms with Crippen molar-refractivity contribution in [3.8, 4) is 0 Å². The molecule has 0 fully saturated rings. The first-order valence-corrected chi connectivity index (χ1v) is 5.02. The van der Waals surface area contributed by atoms with Crippen LogP contribution in [0.5, 0.6) is 0 Å². The number of carbonyl (C=O) groups is 1. The fraction of sp³-hybridized carbons (Fsp3) is 0. The van der Waals surface area contributed by atoms with Crippen molar-refractivity contribution in [3.05, 3.63) is 47.1 Å². The number of nitrogens with one attached hydrogen (secondary N) is 1. The number of nitrogens with zero attached hydrogens (tertiary/aromatic N) is 1. The molecule has 0 saturated carbocycles. The number of carbonyl (C=O) groups excluding carboxylic acids is 1. The predicted octanol–water partition coefficient (Wildman–Crippen LogP) is 2.69. The number of hydrogen-bond donors (Lipinski definition) is 1. The molecule has 1 N–H and O–H groups in total. The van der Waals surface area contributed by atoms with Crippen molar-refractivity contribution in [1.82, 2.24) is 4.98 Å². The van der Waals surface area contributed by atoms with E-state index in [9.17, 15) is 4.79 Å². The van der Waals surface area contributed by atoms with E-state index in [1.165, 1.54) is 0 Å². The van der Waals surface area contributed by atoms with Crippen molar-refractivity contribution in [3.63, 3.8) is 0 Å². The van der Waals surface area contributed by atoms with Gasteiger partial charge in [-0.1, -0.05) is 0 Å². The number of aromatic nitrogens is 1. The Morgan fingerprint density at radius 1 is 1.40 bits per heavy atom. The van der Waals surface area contributed by atoms with Gasteiger partial charge < -0.3 is 9.73 Å². The summed E-state index contributed by atoms with van der Waals surface area (Å²) in [7, 11) is 0. The van der Waals surface area contributed by atoms with Crippen LogP contribution in [-0.2, 0) is 0 Å². The third-order valence-corrected chi connectivity index (χ3v) is 2.14. The van der Waals surface area contributed by atoms with Crippen LogP contribution in [0.2, 0.25) is 0 Å². The minimum absolute atomic E-state index is 0.255. The van der Waals surface area contributed by atoms with Crippen LogP contribution in [0.25, 0.3) is 0 Å². The molecule has 0 unspecified atom stereocenters. The van der Waals surface area contributed by atoms with Crippen LogP contribution in [0.15, 0.2) is 45.7 Å². The first-order chi connectivity index (χ1) is 7.25. The van der Waals surface area contributed by atoms with Gasteiger partial charge in [-0.25, -0.2) is 0 Å². The van der Waals surface area contributed by atoms with E-state index in [2.05, 4.69) is 26.2 Å². The normalized spacial score (nSPS) is 9.93. The van der Waals surface area contributed by atoms with E-state index in [4.69, 9.17) is 4.42 Å². The van der Waals surface area contributed by atoms with Gasteiger partial charge in [-0.2, -0.15) is 0 Å². The summed E-state index contributed by atoms with van der Waals surface area (Å²) in [5, 5.41) is 2.66. The van der Waals surface area contributed by atoms with Crippen LogP contribution in [-0.4, -0.2) is 10.9 Å². The van der Waals surface area contributed by atoms with E-state index in [1.54, 1.807) is 36.7 Å². The van der Waals surface area contributed by atoms with Gasteiger partial charge in [0.05, 0.1) is 11.9 Å². The fourth-order valence-electron chi connectivity index (χ4n) is 1.07. The Labute approximate surface area is 94.4 Å². The summed E-state index contributed by atoms with van der Waals surface area (Å²) in [5.41, 5.74) is 0.634. The van der Waals surface area contributed by atoms with Crippen LogP contribution >= 0.6 is 15.9 Å². The maximum atomic E-state index is 11.6. The highest BCUT2D eigenvalue weighted by molar-refractivity contribution is 9.10. The lowest BCUT2D eigenvalue weighted by Crippen LogP contribution is -2.10. The Morgan fingerprint density at radius 2 is 2.27 bits per heavy atom. The van der Waals surface area contributed by atoms with E-state index in [-0.39, 0.29) is 11.7 Å². The number of furan rings is 1. The Morgan fingerprint density at radius 3 is 2.87 bits per heavy atom. The van der Waals surface area contributed by atoms with Crippen molar-refractivity contribution < 1.29 is 9.21 Å². The van der Waals surface area contributed by atoms with Gasteiger partial charge >= 0.3 is 0 Å². The van der Waals surface area contributed by atoms with Crippen LogP contribution in [0, 0.1) is 0 Å². The Bertz CT molecular complexity index is 467. The maximum absolute atomic E-state index is 11.6. The van der Waals surface area contributed by atoms with Gasteiger partial charge in [0.25, 0.3) is 5.91 Å². The highest BCUT2D eigenvalue weighted by Crippen LogP contribution is 2.15. The molecule has 0 bridgehead atoms. The summed E-state index contributed by atoms with van der Waals surface area (Å²) in [4.78, 5) is 15.5. The minimum Gasteiger partial charge on any atom is -0.444 e. The molecule has 2 heterocycles. The van der Waals surface area contributed by atoms with Crippen molar-refractivity contribution in [1.29, 1.82) is 0 Å².